The minimum atomic E-state index is 0.644. The predicted molar refractivity (Wildman–Crippen MR) is 69.5 cm³/mol. The Bertz CT molecular complexity index is 411. The minimum Gasteiger partial charge on any atom is -0.303 e. The van der Waals surface area contributed by atoms with Gasteiger partial charge in [0.15, 0.2) is 0 Å². The van der Waals surface area contributed by atoms with Crippen molar-refractivity contribution in [3.63, 3.8) is 0 Å². The summed E-state index contributed by atoms with van der Waals surface area (Å²) < 4.78 is 0. The topological polar surface area (TPSA) is 17.1 Å². The molecule has 2 aliphatic carbocycles. The normalized spacial score (nSPS) is 18.4. The average molecular weight is 228 g/mol. The molecule has 1 heteroatoms. The van der Waals surface area contributed by atoms with Crippen LogP contribution in [0.5, 0.6) is 0 Å². The standard InChI is InChI=1S/C16H20O/c17-10-9-16-14-7-3-1-5-12(14)11-13-6-2-4-8-15(13)16/h10-11H,1-9H2. The molecule has 0 radical (unpaired) electrons. The third-order valence-electron chi connectivity index (χ3n) is 4.39. The minimum absolute atomic E-state index is 0.644. The van der Waals surface area contributed by atoms with E-state index in [1.165, 1.54) is 68.1 Å². The molecule has 0 atom stereocenters. The van der Waals surface area contributed by atoms with Gasteiger partial charge in [-0.15, -0.1) is 0 Å². The molecule has 0 amide bonds. The summed E-state index contributed by atoms with van der Waals surface area (Å²) in [4.78, 5) is 10.9. The van der Waals surface area contributed by atoms with Gasteiger partial charge >= 0.3 is 0 Å². The molecule has 1 aromatic rings. The highest BCUT2D eigenvalue weighted by atomic mass is 16.1. The first-order chi connectivity index (χ1) is 8.40. The highest BCUT2D eigenvalue weighted by molar-refractivity contribution is 5.61. The Morgan fingerprint density at radius 1 is 0.882 bits per heavy atom. The van der Waals surface area contributed by atoms with Crippen LogP contribution in [0, 0.1) is 0 Å². The molecule has 0 heterocycles. The fraction of sp³-hybridized carbons (Fsp3) is 0.562. The van der Waals surface area contributed by atoms with Gasteiger partial charge in [0.1, 0.15) is 6.29 Å². The Morgan fingerprint density at radius 2 is 1.41 bits per heavy atom. The highest BCUT2D eigenvalue weighted by Crippen LogP contribution is 2.33. The van der Waals surface area contributed by atoms with E-state index in [1.807, 2.05) is 0 Å². The van der Waals surface area contributed by atoms with Crippen molar-refractivity contribution in [3.05, 3.63) is 33.9 Å². The zero-order valence-corrected chi connectivity index (χ0v) is 10.4. The summed E-state index contributed by atoms with van der Waals surface area (Å²) in [7, 11) is 0. The van der Waals surface area contributed by atoms with Crippen LogP contribution in [0.15, 0.2) is 6.07 Å². The Hall–Kier alpha value is -1.11. The second-order valence-electron chi connectivity index (χ2n) is 5.42. The largest absolute Gasteiger partial charge is 0.303 e. The van der Waals surface area contributed by atoms with Gasteiger partial charge in [-0.2, -0.15) is 0 Å². The van der Waals surface area contributed by atoms with Crippen LogP contribution in [0.2, 0.25) is 0 Å². The van der Waals surface area contributed by atoms with Gasteiger partial charge in [0.25, 0.3) is 0 Å². The molecule has 17 heavy (non-hydrogen) atoms. The van der Waals surface area contributed by atoms with Crippen LogP contribution < -0.4 is 0 Å². The number of carbonyl (C=O) groups excluding carboxylic acids is 1. The maximum absolute atomic E-state index is 10.9. The molecule has 0 fully saturated rings. The lowest BCUT2D eigenvalue weighted by molar-refractivity contribution is -0.107. The summed E-state index contributed by atoms with van der Waals surface area (Å²) in [5.41, 5.74) is 7.57. The molecular formula is C16H20O. The van der Waals surface area contributed by atoms with Crippen LogP contribution in [0.4, 0.5) is 0 Å². The average Bonchev–Trinajstić information content (AvgIpc) is 2.39. The van der Waals surface area contributed by atoms with E-state index in [9.17, 15) is 4.79 Å². The van der Waals surface area contributed by atoms with Crippen LogP contribution in [-0.4, -0.2) is 6.29 Å². The summed E-state index contributed by atoms with van der Waals surface area (Å²) in [6, 6.07) is 2.46. The monoisotopic (exact) mass is 228 g/mol. The van der Waals surface area contributed by atoms with E-state index in [0.29, 0.717) is 6.42 Å². The van der Waals surface area contributed by atoms with Gasteiger partial charge < -0.3 is 4.79 Å². The summed E-state index contributed by atoms with van der Waals surface area (Å²) in [5.74, 6) is 0. The zero-order valence-electron chi connectivity index (χ0n) is 10.4. The van der Waals surface area contributed by atoms with Crippen molar-refractivity contribution in [3.8, 4) is 0 Å². The molecule has 1 aromatic carbocycles. The quantitative estimate of drug-likeness (QED) is 0.710. The molecule has 0 saturated carbocycles. The van der Waals surface area contributed by atoms with Crippen molar-refractivity contribution in [2.24, 2.45) is 0 Å². The first-order valence-corrected chi connectivity index (χ1v) is 6.99. The van der Waals surface area contributed by atoms with Crippen molar-refractivity contribution in [1.82, 2.24) is 0 Å². The Kier molecular flexibility index (Phi) is 3.00. The van der Waals surface area contributed by atoms with E-state index < -0.39 is 0 Å². The third-order valence-corrected chi connectivity index (χ3v) is 4.39. The van der Waals surface area contributed by atoms with Gasteiger partial charge in [-0.05, 0) is 79.2 Å². The van der Waals surface area contributed by atoms with Crippen LogP contribution in [0.25, 0.3) is 0 Å². The number of benzene rings is 1. The van der Waals surface area contributed by atoms with Crippen molar-refractivity contribution >= 4 is 6.29 Å². The molecule has 0 spiro atoms. The van der Waals surface area contributed by atoms with E-state index in [-0.39, 0.29) is 0 Å². The third kappa shape index (κ3) is 1.92. The Labute approximate surface area is 103 Å². The zero-order chi connectivity index (χ0) is 11.7. The Balaban J connectivity index is 2.15. The predicted octanol–water partition coefficient (Wildman–Crippen LogP) is 3.19. The molecule has 1 nitrogen and oxygen atoms in total. The molecule has 0 aliphatic heterocycles. The Morgan fingerprint density at radius 3 is 1.94 bits per heavy atom. The molecule has 0 bridgehead atoms. The fourth-order valence-corrected chi connectivity index (χ4v) is 3.59. The van der Waals surface area contributed by atoms with Gasteiger partial charge in [-0.25, -0.2) is 0 Å². The maximum Gasteiger partial charge on any atom is 0.124 e. The van der Waals surface area contributed by atoms with E-state index in [0.717, 1.165) is 6.29 Å². The number of rotatable bonds is 2. The first kappa shape index (κ1) is 11.0. The first-order valence-electron chi connectivity index (χ1n) is 6.99. The molecule has 3 rings (SSSR count). The SMILES string of the molecule is O=CCc1c2c(cc3c1CCCC3)CCCC2. The lowest BCUT2D eigenvalue weighted by Crippen LogP contribution is -2.15. The fourth-order valence-electron chi connectivity index (χ4n) is 3.59. The van der Waals surface area contributed by atoms with Gasteiger partial charge in [0.05, 0.1) is 0 Å². The molecule has 0 aromatic heterocycles. The highest BCUT2D eigenvalue weighted by Gasteiger charge is 2.21. The number of carbonyl (C=O) groups is 1. The lowest BCUT2D eigenvalue weighted by atomic mass is 9.78. The van der Waals surface area contributed by atoms with Crippen molar-refractivity contribution in [1.29, 1.82) is 0 Å². The maximum atomic E-state index is 10.9. The van der Waals surface area contributed by atoms with Crippen molar-refractivity contribution in [2.75, 3.05) is 0 Å². The summed E-state index contributed by atoms with van der Waals surface area (Å²) in [6.07, 6.45) is 11.9. The summed E-state index contributed by atoms with van der Waals surface area (Å²) >= 11 is 0. The molecular weight excluding hydrogens is 208 g/mol. The van der Waals surface area contributed by atoms with Crippen molar-refractivity contribution in [2.45, 2.75) is 57.8 Å². The summed E-state index contributed by atoms with van der Waals surface area (Å²) in [6.45, 7) is 0. The molecule has 0 saturated heterocycles. The van der Waals surface area contributed by atoms with Crippen LogP contribution >= 0.6 is 0 Å². The molecule has 90 valence electrons. The van der Waals surface area contributed by atoms with Gasteiger partial charge in [0, 0.05) is 6.42 Å². The lowest BCUT2D eigenvalue weighted by Gasteiger charge is -2.26. The summed E-state index contributed by atoms with van der Waals surface area (Å²) in [5, 5.41) is 0. The van der Waals surface area contributed by atoms with E-state index in [4.69, 9.17) is 0 Å². The molecule has 0 N–H and O–H groups in total. The van der Waals surface area contributed by atoms with Crippen molar-refractivity contribution < 1.29 is 4.79 Å². The number of aldehydes is 1. The van der Waals surface area contributed by atoms with Crippen LogP contribution in [0.1, 0.15) is 53.5 Å². The molecule has 2 aliphatic rings. The number of aryl methyl sites for hydroxylation is 2. The second kappa shape index (κ2) is 4.64. The van der Waals surface area contributed by atoms with E-state index in [2.05, 4.69) is 6.07 Å². The van der Waals surface area contributed by atoms with Gasteiger partial charge in [0.2, 0.25) is 0 Å². The number of hydrogen-bond acceptors (Lipinski definition) is 1. The van der Waals surface area contributed by atoms with Crippen LogP contribution in [-0.2, 0) is 36.9 Å². The van der Waals surface area contributed by atoms with E-state index in [1.54, 1.807) is 11.1 Å². The molecule has 0 unspecified atom stereocenters. The second-order valence-corrected chi connectivity index (χ2v) is 5.42. The van der Waals surface area contributed by atoms with Gasteiger partial charge in [-0.3, -0.25) is 0 Å². The van der Waals surface area contributed by atoms with Gasteiger partial charge in [-0.1, -0.05) is 6.07 Å². The van der Waals surface area contributed by atoms with E-state index >= 15 is 0 Å². The number of hydrogen-bond donors (Lipinski definition) is 0. The smallest absolute Gasteiger partial charge is 0.124 e. The van der Waals surface area contributed by atoms with Crippen LogP contribution in [0.3, 0.4) is 0 Å². The number of fused-ring (bicyclic) bond motifs is 2.